The lowest BCUT2D eigenvalue weighted by molar-refractivity contribution is 0.00192. The summed E-state index contributed by atoms with van der Waals surface area (Å²) in [5, 5.41) is 14.6. The Kier molecular flexibility index (Phi) is 5.38. The van der Waals surface area contributed by atoms with Crippen LogP contribution in [0.3, 0.4) is 0 Å². The van der Waals surface area contributed by atoms with Crippen LogP contribution in [0.15, 0.2) is 29.2 Å². The van der Waals surface area contributed by atoms with Crippen molar-refractivity contribution in [2.24, 2.45) is 0 Å². The van der Waals surface area contributed by atoms with Crippen LogP contribution in [0.1, 0.15) is 39.8 Å². The van der Waals surface area contributed by atoms with Gasteiger partial charge >= 0.3 is 0 Å². The molecule has 1 aromatic heterocycles. The number of ether oxygens (including phenoxy) is 1. The van der Waals surface area contributed by atoms with Crippen molar-refractivity contribution in [1.29, 1.82) is 0 Å². The fourth-order valence-electron chi connectivity index (χ4n) is 4.47. The fraction of sp³-hybridized carbons (Fsp3) is 0.381. The fourth-order valence-corrected chi connectivity index (χ4v) is 4.66. The van der Waals surface area contributed by atoms with Gasteiger partial charge < -0.3 is 20.1 Å². The Morgan fingerprint density at radius 2 is 2.09 bits per heavy atom. The summed E-state index contributed by atoms with van der Waals surface area (Å²) in [7, 11) is 3.27. The van der Waals surface area contributed by atoms with Crippen LogP contribution < -0.4 is 15.8 Å². The number of fused-ring (bicyclic) bond motifs is 1. The summed E-state index contributed by atoms with van der Waals surface area (Å²) in [6.45, 7) is 2.02. The second kappa shape index (κ2) is 7.79. The average molecular weight is 465 g/mol. The number of hydrogen-bond donors (Lipinski definition) is 2. The summed E-state index contributed by atoms with van der Waals surface area (Å²) < 4.78 is 21.1. The number of pyridine rings is 1. The normalized spacial score (nSPS) is 22.4. The highest BCUT2D eigenvalue weighted by Crippen LogP contribution is 2.38. The van der Waals surface area contributed by atoms with Gasteiger partial charge in [-0.25, -0.2) is 4.39 Å². The van der Waals surface area contributed by atoms with Crippen molar-refractivity contribution in [3.63, 3.8) is 0 Å². The molecule has 2 N–H and O–H groups in total. The molecule has 1 saturated heterocycles. The van der Waals surface area contributed by atoms with Crippen LogP contribution in [0.4, 0.5) is 4.39 Å². The van der Waals surface area contributed by atoms with E-state index in [9.17, 15) is 23.9 Å². The number of carbonyl (C=O) groups is 2. The molecule has 11 heteroatoms. The number of nitrogens with one attached hydrogen (secondary N) is 1. The maximum Gasteiger partial charge on any atom is 0.278 e. The zero-order valence-electron chi connectivity index (χ0n) is 17.7. The van der Waals surface area contributed by atoms with Crippen LogP contribution >= 0.6 is 11.6 Å². The summed E-state index contributed by atoms with van der Waals surface area (Å²) in [6, 6.07) is 4.36. The first-order valence-electron chi connectivity index (χ1n) is 9.94. The van der Waals surface area contributed by atoms with Gasteiger partial charge in [0, 0.05) is 38.8 Å². The van der Waals surface area contributed by atoms with Crippen molar-refractivity contribution in [3.8, 4) is 5.75 Å². The van der Waals surface area contributed by atoms with Gasteiger partial charge in [0.25, 0.3) is 11.8 Å². The summed E-state index contributed by atoms with van der Waals surface area (Å²) in [5.41, 5.74) is -2.36. The molecule has 2 unspecified atom stereocenters. The smallest absolute Gasteiger partial charge is 0.278 e. The first-order valence-corrected chi connectivity index (χ1v) is 10.3. The van der Waals surface area contributed by atoms with Crippen LogP contribution in [-0.2, 0) is 11.3 Å². The minimum Gasteiger partial charge on any atom is -0.502 e. The van der Waals surface area contributed by atoms with E-state index in [1.165, 1.54) is 34.0 Å². The maximum absolute atomic E-state index is 14.1. The van der Waals surface area contributed by atoms with Gasteiger partial charge in [0.1, 0.15) is 11.4 Å². The van der Waals surface area contributed by atoms with E-state index in [4.69, 9.17) is 16.3 Å². The van der Waals surface area contributed by atoms with Gasteiger partial charge in [0.05, 0.1) is 17.7 Å². The van der Waals surface area contributed by atoms with E-state index in [0.29, 0.717) is 13.0 Å². The van der Waals surface area contributed by atoms with Gasteiger partial charge in [0.2, 0.25) is 5.43 Å². The van der Waals surface area contributed by atoms with E-state index in [1.807, 2.05) is 6.92 Å². The Labute approximate surface area is 187 Å². The van der Waals surface area contributed by atoms with Crippen LogP contribution in [-0.4, -0.2) is 59.0 Å². The van der Waals surface area contributed by atoms with Crippen molar-refractivity contribution >= 4 is 23.4 Å². The minimum atomic E-state index is -0.998. The SMILES string of the molecule is CC1OCCC12N(C)C(=O)c1c(O)c(=O)c(C(=O)NCc3cccc(Cl)c3F)cn1N2C. The molecule has 0 aliphatic carbocycles. The van der Waals surface area contributed by atoms with Gasteiger partial charge in [-0.3, -0.25) is 24.1 Å². The maximum atomic E-state index is 14.1. The van der Waals surface area contributed by atoms with Crippen molar-refractivity contribution in [3.05, 3.63) is 62.3 Å². The zero-order valence-corrected chi connectivity index (χ0v) is 18.4. The molecule has 3 heterocycles. The number of aromatic hydroxyl groups is 1. The number of likely N-dealkylation sites (N-methyl/N-ethyl adjacent to an activating group) is 2. The van der Waals surface area contributed by atoms with Gasteiger partial charge in [-0.15, -0.1) is 0 Å². The third-order valence-corrected chi connectivity index (χ3v) is 6.63. The number of carbonyl (C=O) groups excluding carboxylic acids is 2. The quantitative estimate of drug-likeness (QED) is 0.712. The molecular formula is C21H22ClFN4O5. The Hall–Kier alpha value is -3.11. The molecule has 2 aliphatic heterocycles. The number of rotatable bonds is 3. The molecule has 1 fully saturated rings. The third kappa shape index (κ3) is 3.05. The topological polar surface area (TPSA) is 104 Å². The van der Waals surface area contributed by atoms with E-state index in [0.717, 1.165) is 0 Å². The number of benzene rings is 1. The van der Waals surface area contributed by atoms with Gasteiger partial charge in [-0.2, -0.15) is 0 Å². The number of hydrogen-bond acceptors (Lipinski definition) is 6. The molecule has 0 bridgehead atoms. The molecule has 170 valence electrons. The van der Waals surface area contributed by atoms with Crippen LogP contribution in [0.25, 0.3) is 0 Å². The highest BCUT2D eigenvalue weighted by atomic mass is 35.5. The Bertz CT molecular complexity index is 1190. The van der Waals surface area contributed by atoms with Gasteiger partial charge in [-0.1, -0.05) is 23.7 Å². The van der Waals surface area contributed by atoms with E-state index in [-0.39, 0.29) is 34.5 Å². The number of halogens is 2. The number of amides is 2. The van der Waals surface area contributed by atoms with E-state index >= 15 is 0 Å². The lowest BCUT2D eigenvalue weighted by atomic mass is 9.97. The van der Waals surface area contributed by atoms with Gasteiger partial charge in [-0.05, 0) is 13.0 Å². The lowest BCUT2D eigenvalue weighted by Crippen LogP contribution is -2.71. The first kappa shape index (κ1) is 22.1. The van der Waals surface area contributed by atoms with E-state index in [1.54, 1.807) is 19.1 Å². The predicted molar refractivity (Wildman–Crippen MR) is 114 cm³/mol. The Morgan fingerprint density at radius 3 is 2.75 bits per heavy atom. The number of aromatic nitrogens is 1. The highest BCUT2D eigenvalue weighted by Gasteiger charge is 2.55. The van der Waals surface area contributed by atoms with Crippen LogP contribution in [0.2, 0.25) is 5.02 Å². The van der Waals surface area contributed by atoms with Crippen molar-refractivity contribution in [2.45, 2.75) is 31.7 Å². The molecule has 0 saturated carbocycles. The zero-order chi connectivity index (χ0) is 23.4. The highest BCUT2D eigenvalue weighted by molar-refractivity contribution is 6.30. The molecule has 4 rings (SSSR count). The Morgan fingerprint density at radius 1 is 1.38 bits per heavy atom. The molecule has 2 amide bonds. The summed E-state index contributed by atoms with van der Waals surface area (Å²) in [4.78, 5) is 40.0. The van der Waals surface area contributed by atoms with Crippen LogP contribution in [0.5, 0.6) is 5.75 Å². The standard InChI is InChI=1S/C21H22ClFN4O5/c1-11-21(7-8-32-11)25(2)20(31)16-18(29)17(28)13(10-27(16)26(21)3)19(30)24-9-12-5-4-6-14(22)15(12)23/h4-6,10-11,29H,7-9H2,1-3H3,(H,24,30). The molecule has 32 heavy (non-hydrogen) atoms. The molecule has 1 aromatic carbocycles. The molecule has 9 nitrogen and oxygen atoms in total. The first-order chi connectivity index (χ1) is 15.1. The monoisotopic (exact) mass is 464 g/mol. The third-order valence-electron chi connectivity index (χ3n) is 6.34. The van der Waals surface area contributed by atoms with Crippen LogP contribution in [0, 0.1) is 5.82 Å². The lowest BCUT2D eigenvalue weighted by Gasteiger charge is -2.52. The second-order valence-electron chi connectivity index (χ2n) is 7.84. The second-order valence-corrected chi connectivity index (χ2v) is 8.25. The average Bonchev–Trinajstić information content (AvgIpc) is 3.15. The predicted octanol–water partition coefficient (Wildman–Crippen LogP) is 1.43. The number of nitrogens with zero attached hydrogens (tertiary/aromatic N) is 3. The van der Waals surface area contributed by atoms with Crippen molar-refractivity contribution in [2.75, 3.05) is 25.7 Å². The van der Waals surface area contributed by atoms with Crippen molar-refractivity contribution < 1.29 is 23.8 Å². The summed E-state index contributed by atoms with van der Waals surface area (Å²) >= 11 is 5.76. The molecule has 2 aromatic rings. The van der Waals surface area contributed by atoms with E-state index in [2.05, 4.69) is 5.32 Å². The summed E-state index contributed by atoms with van der Waals surface area (Å²) in [6.07, 6.45) is 1.34. The molecular weight excluding hydrogens is 443 g/mol. The molecule has 2 aliphatic rings. The Balaban J connectivity index is 1.73. The molecule has 0 radical (unpaired) electrons. The minimum absolute atomic E-state index is 0.0919. The molecule has 2 atom stereocenters. The largest absolute Gasteiger partial charge is 0.502 e. The van der Waals surface area contributed by atoms with Gasteiger partial charge in [0.15, 0.2) is 17.1 Å². The van der Waals surface area contributed by atoms with E-state index < -0.39 is 34.5 Å². The van der Waals surface area contributed by atoms with Crippen molar-refractivity contribution in [1.82, 2.24) is 14.9 Å². The molecule has 1 spiro atoms. The summed E-state index contributed by atoms with van der Waals surface area (Å²) in [5.74, 6) is -2.91.